The number of halogens is 1. The van der Waals surface area contributed by atoms with Crippen LogP contribution in [0.3, 0.4) is 0 Å². The predicted molar refractivity (Wildman–Crippen MR) is 118 cm³/mol. The van der Waals surface area contributed by atoms with Gasteiger partial charge in [-0.1, -0.05) is 41.6 Å². The first-order valence-electron chi connectivity index (χ1n) is 8.78. The molecule has 1 aliphatic rings. The van der Waals surface area contributed by atoms with E-state index >= 15 is 0 Å². The lowest BCUT2D eigenvalue weighted by Crippen LogP contribution is -2.28. The Balaban J connectivity index is 1.35. The second-order valence-electron chi connectivity index (χ2n) is 6.29. The largest absolute Gasteiger partial charge is 0.361 e. The number of benzene rings is 2. The molecule has 3 N–H and O–H groups in total. The van der Waals surface area contributed by atoms with Crippen LogP contribution in [0, 0.1) is 0 Å². The summed E-state index contributed by atoms with van der Waals surface area (Å²) in [5.74, 6) is -0.522. The summed E-state index contributed by atoms with van der Waals surface area (Å²) in [6.45, 7) is 0. The standard InChI is InChI=1S/C20H16ClN5O2S/c21-13-5-7-14(8-6-13)24-18(27)9-17-19(28)25-20(29-17)26-23-11-12-10-22-16-4-2-1-3-15(12)16/h1-8,10-11,17,22H,9H2,(H,24,27)(H,25,26,28)/b23-11+. The van der Waals surface area contributed by atoms with E-state index in [0.717, 1.165) is 16.5 Å². The number of hydrogen-bond acceptors (Lipinski definition) is 5. The third-order valence-electron chi connectivity index (χ3n) is 4.24. The number of amides is 2. The van der Waals surface area contributed by atoms with Crippen LogP contribution < -0.4 is 10.6 Å². The van der Waals surface area contributed by atoms with Gasteiger partial charge in [0.15, 0.2) is 5.17 Å². The highest BCUT2D eigenvalue weighted by molar-refractivity contribution is 8.15. The maximum absolute atomic E-state index is 12.2. The van der Waals surface area contributed by atoms with Gasteiger partial charge >= 0.3 is 0 Å². The van der Waals surface area contributed by atoms with Gasteiger partial charge in [0.1, 0.15) is 5.25 Å². The van der Waals surface area contributed by atoms with E-state index in [2.05, 4.69) is 25.8 Å². The molecule has 146 valence electrons. The van der Waals surface area contributed by atoms with Crippen molar-refractivity contribution in [3.63, 3.8) is 0 Å². The minimum absolute atomic E-state index is 0.0321. The van der Waals surface area contributed by atoms with E-state index in [-0.39, 0.29) is 18.2 Å². The average Bonchev–Trinajstić information content (AvgIpc) is 3.27. The van der Waals surface area contributed by atoms with Crippen molar-refractivity contribution in [2.75, 3.05) is 5.32 Å². The Bertz CT molecular complexity index is 1120. The Kier molecular flexibility index (Phi) is 5.64. The van der Waals surface area contributed by atoms with Gasteiger partial charge in [-0.05, 0) is 30.3 Å². The van der Waals surface area contributed by atoms with Crippen LogP contribution in [0.1, 0.15) is 12.0 Å². The minimum Gasteiger partial charge on any atom is -0.361 e. The van der Waals surface area contributed by atoms with E-state index in [0.29, 0.717) is 15.9 Å². The molecule has 7 nitrogen and oxygen atoms in total. The molecular formula is C20H16ClN5O2S. The number of amidine groups is 1. The Labute approximate surface area is 175 Å². The zero-order valence-corrected chi connectivity index (χ0v) is 16.6. The molecule has 1 atom stereocenters. The van der Waals surface area contributed by atoms with Gasteiger partial charge in [0.2, 0.25) is 11.8 Å². The van der Waals surface area contributed by atoms with Gasteiger partial charge < -0.3 is 15.6 Å². The number of thioether (sulfide) groups is 1. The molecule has 1 unspecified atom stereocenters. The summed E-state index contributed by atoms with van der Waals surface area (Å²) < 4.78 is 0. The highest BCUT2D eigenvalue weighted by Gasteiger charge is 2.32. The third kappa shape index (κ3) is 4.67. The van der Waals surface area contributed by atoms with E-state index in [1.165, 1.54) is 11.8 Å². The first-order valence-corrected chi connectivity index (χ1v) is 10.0. The lowest BCUT2D eigenvalue weighted by Gasteiger charge is -2.07. The van der Waals surface area contributed by atoms with Crippen LogP contribution in [0.15, 0.2) is 64.9 Å². The first kappa shape index (κ1) is 19.2. The molecule has 1 aliphatic heterocycles. The number of rotatable bonds is 5. The fourth-order valence-corrected chi connectivity index (χ4v) is 3.89. The summed E-state index contributed by atoms with van der Waals surface area (Å²) in [5.41, 5.74) is 2.54. The first-order chi connectivity index (χ1) is 14.1. The molecule has 1 aromatic heterocycles. The molecule has 3 aromatic rings. The number of aromatic amines is 1. The van der Waals surface area contributed by atoms with Crippen LogP contribution in [0.25, 0.3) is 10.9 Å². The van der Waals surface area contributed by atoms with Gasteiger partial charge in [0.05, 0.1) is 6.21 Å². The molecule has 9 heteroatoms. The summed E-state index contributed by atoms with van der Waals surface area (Å²) >= 11 is 7.02. The van der Waals surface area contributed by atoms with Gasteiger partial charge in [-0.25, -0.2) is 0 Å². The van der Waals surface area contributed by atoms with E-state index in [1.807, 2.05) is 30.5 Å². The molecule has 29 heavy (non-hydrogen) atoms. The van der Waals surface area contributed by atoms with Crippen molar-refractivity contribution in [1.29, 1.82) is 0 Å². The van der Waals surface area contributed by atoms with Gasteiger partial charge in [0, 0.05) is 39.8 Å². The predicted octanol–water partition coefficient (Wildman–Crippen LogP) is 3.77. The molecule has 4 rings (SSSR count). The normalized spacial score (nSPS) is 17.9. The highest BCUT2D eigenvalue weighted by Crippen LogP contribution is 2.23. The van der Waals surface area contributed by atoms with Crippen molar-refractivity contribution in [2.24, 2.45) is 10.2 Å². The van der Waals surface area contributed by atoms with Crippen LogP contribution in [0.2, 0.25) is 5.02 Å². The molecule has 2 aromatic carbocycles. The number of fused-ring (bicyclic) bond motifs is 1. The summed E-state index contributed by atoms with van der Waals surface area (Å²) in [6.07, 6.45) is 3.50. The van der Waals surface area contributed by atoms with E-state index in [4.69, 9.17) is 11.6 Å². The Morgan fingerprint density at radius 2 is 2.00 bits per heavy atom. The van der Waals surface area contributed by atoms with Crippen molar-refractivity contribution in [3.05, 3.63) is 65.3 Å². The number of nitrogens with zero attached hydrogens (tertiary/aromatic N) is 2. The number of hydrogen-bond donors (Lipinski definition) is 3. The Morgan fingerprint density at radius 3 is 2.83 bits per heavy atom. The lowest BCUT2D eigenvalue weighted by molar-refractivity contribution is -0.122. The number of aromatic nitrogens is 1. The molecule has 1 fully saturated rings. The van der Waals surface area contributed by atoms with Crippen LogP contribution in [-0.4, -0.2) is 33.4 Å². The fourth-order valence-electron chi connectivity index (χ4n) is 2.84. The molecule has 0 radical (unpaired) electrons. The van der Waals surface area contributed by atoms with Crippen LogP contribution in [0.5, 0.6) is 0 Å². The molecule has 0 spiro atoms. The number of carbonyl (C=O) groups excluding carboxylic acids is 2. The van der Waals surface area contributed by atoms with Crippen LogP contribution in [-0.2, 0) is 9.59 Å². The number of H-pyrrole nitrogens is 1. The van der Waals surface area contributed by atoms with Gasteiger partial charge in [-0.15, -0.1) is 5.10 Å². The minimum atomic E-state index is -0.552. The zero-order valence-electron chi connectivity index (χ0n) is 15.1. The number of para-hydroxylation sites is 1. The number of nitrogens with one attached hydrogen (secondary N) is 3. The van der Waals surface area contributed by atoms with Gasteiger partial charge in [-0.3, -0.25) is 9.59 Å². The molecule has 0 bridgehead atoms. The monoisotopic (exact) mass is 425 g/mol. The smallest absolute Gasteiger partial charge is 0.240 e. The summed E-state index contributed by atoms with van der Waals surface area (Å²) in [7, 11) is 0. The SMILES string of the molecule is O=C(CC1S/C(=N/N=C/c2c[nH]c3ccccc23)NC1=O)Nc1ccc(Cl)cc1. The molecule has 2 amide bonds. The second-order valence-corrected chi connectivity index (χ2v) is 7.92. The summed E-state index contributed by atoms with van der Waals surface area (Å²) in [6, 6.07) is 14.6. The third-order valence-corrected chi connectivity index (χ3v) is 5.57. The van der Waals surface area contributed by atoms with Crippen LogP contribution in [0.4, 0.5) is 5.69 Å². The van der Waals surface area contributed by atoms with E-state index in [9.17, 15) is 9.59 Å². The number of carbonyl (C=O) groups is 2. The Morgan fingerprint density at radius 1 is 1.21 bits per heavy atom. The molecular weight excluding hydrogens is 410 g/mol. The van der Waals surface area contributed by atoms with Crippen molar-refractivity contribution < 1.29 is 9.59 Å². The van der Waals surface area contributed by atoms with Crippen LogP contribution >= 0.6 is 23.4 Å². The highest BCUT2D eigenvalue weighted by atomic mass is 35.5. The molecule has 2 heterocycles. The molecule has 0 aliphatic carbocycles. The van der Waals surface area contributed by atoms with Crippen molar-refractivity contribution in [1.82, 2.24) is 10.3 Å². The van der Waals surface area contributed by atoms with Crippen molar-refractivity contribution in [3.8, 4) is 0 Å². The Hall–Kier alpha value is -3.10. The summed E-state index contributed by atoms with van der Waals surface area (Å²) in [4.78, 5) is 27.5. The maximum Gasteiger partial charge on any atom is 0.240 e. The van der Waals surface area contributed by atoms with E-state index in [1.54, 1.807) is 30.5 Å². The average molecular weight is 426 g/mol. The van der Waals surface area contributed by atoms with Crippen molar-refractivity contribution in [2.45, 2.75) is 11.7 Å². The fraction of sp³-hybridized carbons (Fsp3) is 0.100. The van der Waals surface area contributed by atoms with E-state index < -0.39 is 5.25 Å². The maximum atomic E-state index is 12.2. The molecule has 1 saturated heterocycles. The quantitative estimate of drug-likeness (QED) is 0.428. The second kappa shape index (κ2) is 8.50. The topological polar surface area (TPSA) is 98.7 Å². The van der Waals surface area contributed by atoms with Crippen molar-refractivity contribution >= 4 is 63.1 Å². The number of anilines is 1. The summed E-state index contributed by atoms with van der Waals surface area (Å²) in [5, 5.41) is 15.0. The molecule has 0 saturated carbocycles. The van der Waals surface area contributed by atoms with Gasteiger partial charge in [0.25, 0.3) is 0 Å². The van der Waals surface area contributed by atoms with Gasteiger partial charge in [-0.2, -0.15) is 5.10 Å². The zero-order chi connectivity index (χ0) is 20.2. The lowest BCUT2D eigenvalue weighted by atomic mass is 10.2.